The monoisotopic (exact) mass is 203 g/mol. The Labute approximate surface area is 78.5 Å². The van der Waals surface area contributed by atoms with Crippen molar-refractivity contribution in [3.05, 3.63) is 39.4 Å². The quantitative estimate of drug-likeness (QED) is 0.453. The summed E-state index contributed by atoms with van der Waals surface area (Å²) in [6.45, 7) is 0. The van der Waals surface area contributed by atoms with Gasteiger partial charge in [-0.15, -0.1) is 15.3 Å². The first-order valence-corrected chi connectivity index (χ1v) is 3.60. The normalized spacial score (nSPS) is 9.38. The summed E-state index contributed by atoms with van der Waals surface area (Å²) in [6.07, 6.45) is 0. The second kappa shape index (κ2) is 3.92. The summed E-state index contributed by atoms with van der Waals surface area (Å²) in [4.78, 5) is 13.9. The van der Waals surface area contributed by atoms with Gasteiger partial charge >= 0.3 is 5.09 Å². The Morgan fingerprint density at radius 3 is 2.46 bits per heavy atom. The lowest BCUT2D eigenvalue weighted by molar-refractivity contribution is -0.762. The maximum Gasteiger partial charge on any atom is 0.318 e. The van der Waals surface area contributed by atoms with Crippen molar-refractivity contribution in [2.24, 2.45) is 5.84 Å². The van der Waals surface area contributed by atoms with Crippen molar-refractivity contribution in [3.63, 3.8) is 0 Å². The zero-order valence-corrected chi connectivity index (χ0v) is 7.14. The molecule has 2 N–H and O–H groups in total. The molecule has 0 aromatic heterocycles. The minimum atomic E-state index is -1.01. The largest absolute Gasteiger partial charge is 0.318 e. The number of hydrogen-bond acceptors (Lipinski definition) is 5. The van der Waals surface area contributed by atoms with Gasteiger partial charge in [0.1, 0.15) is 0 Å². The Kier molecular flexibility index (Phi) is 2.88. The van der Waals surface area contributed by atoms with E-state index >= 15 is 0 Å². The van der Waals surface area contributed by atoms with Crippen molar-refractivity contribution in [3.8, 4) is 0 Å². The molecule has 70 valence electrons. The van der Waals surface area contributed by atoms with E-state index < -0.39 is 5.09 Å². The molecule has 1 aromatic carbocycles. The topological polar surface area (TPSA) is 81.6 Å². The van der Waals surface area contributed by atoms with E-state index in [2.05, 4.69) is 4.94 Å². The molecule has 13 heavy (non-hydrogen) atoms. The van der Waals surface area contributed by atoms with Gasteiger partial charge in [0.2, 0.25) is 0 Å². The predicted octanol–water partition coefficient (Wildman–Crippen LogP) is 1.14. The van der Waals surface area contributed by atoms with Crippen LogP contribution in [0.15, 0.2) is 24.3 Å². The minimum Gasteiger partial charge on any atom is -0.223 e. The molecule has 0 amide bonds. The fraction of sp³-hybridized carbons (Fsp3) is 0. The lowest BCUT2D eigenvalue weighted by Crippen LogP contribution is -2.33. The van der Waals surface area contributed by atoms with Gasteiger partial charge in [-0.1, -0.05) is 11.6 Å². The molecule has 0 unspecified atom stereocenters. The fourth-order valence-electron chi connectivity index (χ4n) is 0.707. The van der Waals surface area contributed by atoms with Crippen molar-refractivity contribution in [1.82, 2.24) is 0 Å². The smallest absolute Gasteiger partial charge is 0.223 e. The molecule has 7 heteroatoms. The molecule has 1 aromatic rings. The summed E-state index contributed by atoms with van der Waals surface area (Å²) in [5, 5.41) is 9.93. The number of nitrogens with two attached hydrogens (primary N) is 1. The first-order valence-electron chi connectivity index (χ1n) is 3.22. The number of hydrazine groups is 1. The van der Waals surface area contributed by atoms with Gasteiger partial charge in [-0.25, -0.2) is 5.84 Å². The molecular weight excluding hydrogens is 198 g/mol. The van der Waals surface area contributed by atoms with E-state index in [1.807, 2.05) is 0 Å². The van der Waals surface area contributed by atoms with Gasteiger partial charge in [0.05, 0.1) is 5.69 Å². The molecule has 0 spiro atoms. The highest BCUT2D eigenvalue weighted by Crippen LogP contribution is 2.15. The Balaban J connectivity index is 2.71. The van der Waals surface area contributed by atoms with Crippen molar-refractivity contribution >= 4 is 17.3 Å². The van der Waals surface area contributed by atoms with Gasteiger partial charge in [0.15, 0.2) is 0 Å². The van der Waals surface area contributed by atoms with Gasteiger partial charge in [-0.3, -0.25) is 0 Å². The lowest BCUT2D eigenvalue weighted by atomic mass is 10.3. The molecule has 0 aliphatic rings. The van der Waals surface area contributed by atoms with Crippen LogP contribution >= 0.6 is 11.6 Å². The summed E-state index contributed by atoms with van der Waals surface area (Å²) < 4.78 is 0. The number of halogens is 1. The van der Waals surface area contributed by atoms with Crippen LogP contribution in [0.4, 0.5) is 5.69 Å². The molecule has 1 rings (SSSR count). The number of hydrogen-bond donors (Lipinski definition) is 1. The van der Waals surface area contributed by atoms with E-state index in [1.165, 1.54) is 12.1 Å². The number of anilines is 1. The summed E-state index contributed by atoms with van der Waals surface area (Å²) in [6, 6.07) is 6.07. The molecule has 0 atom stereocenters. The van der Waals surface area contributed by atoms with E-state index in [4.69, 9.17) is 17.4 Å². The second-order valence-corrected chi connectivity index (χ2v) is 2.54. The van der Waals surface area contributed by atoms with E-state index in [-0.39, 0.29) is 0 Å². The van der Waals surface area contributed by atoms with Crippen molar-refractivity contribution in [2.45, 2.75) is 0 Å². The minimum absolute atomic E-state index is 0.334. The molecular formula is C6H6ClN3O3. The molecule has 0 aliphatic carbocycles. The third-order valence-electron chi connectivity index (χ3n) is 1.24. The highest BCUT2D eigenvalue weighted by molar-refractivity contribution is 6.30. The Morgan fingerprint density at radius 2 is 2.00 bits per heavy atom. The van der Waals surface area contributed by atoms with Crippen LogP contribution < -0.4 is 11.0 Å². The molecule has 0 saturated heterocycles. The summed E-state index contributed by atoms with van der Waals surface area (Å²) in [5.41, 5.74) is 0.334. The van der Waals surface area contributed by atoms with Crippen LogP contribution in [-0.4, -0.2) is 5.09 Å². The van der Waals surface area contributed by atoms with Crippen LogP contribution in [0.1, 0.15) is 0 Å². The maximum atomic E-state index is 9.89. The molecule has 0 heterocycles. The molecule has 0 bridgehead atoms. The van der Waals surface area contributed by atoms with Gasteiger partial charge in [0, 0.05) is 5.02 Å². The van der Waals surface area contributed by atoms with Crippen molar-refractivity contribution in [1.29, 1.82) is 0 Å². The molecule has 0 fully saturated rings. The predicted molar refractivity (Wildman–Crippen MR) is 46.2 cm³/mol. The molecule has 0 radical (unpaired) electrons. The average molecular weight is 204 g/mol. The number of nitrogens with zero attached hydrogens (tertiary/aromatic N) is 2. The van der Waals surface area contributed by atoms with Gasteiger partial charge in [-0.2, -0.15) is 4.94 Å². The van der Waals surface area contributed by atoms with Crippen LogP contribution in [0.2, 0.25) is 5.02 Å². The van der Waals surface area contributed by atoms with Crippen molar-refractivity contribution in [2.75, 3.05) is 5.17 Å². The summed E-state index contributed by atoms with van der Waals surface area (Å²) in [7, 11) is 0. The summed E-state index contributed by atoms with van der Waals surface area (Å²) in [5.74, 6) is 5.17. The van der Waals surface area contributed by atoms with E-state index in [9.17, 15) is 10.1 Å². The van der Waals surface area contributed by atoms with E-state index in [0.717, 1.165) is 0 Å². The average Bonchev–Trinajstić information content (AvgIpc) is 2.04. The van der Waals surface area contributed by atoms with E-state index in [0.29, 0.717) is 15.9 Å². The van der Waals surface area contributed by atoms with Gasteiger partial charge in [-0.05, 0) is 24.3 Å². The van der Waals surface area contributed by atoms with Crippen LogP contribution in [-0.2, 0) is 4.94 Å². The van der Waals surface area contributed by atoms with E-state index in [1.54, 1.807) is 12.1 Å². The Hall–Kier alpha value is -1.53. The third kappa shape index (κ3) is 2.77. The second-order valence-electron chi connectivity index (χ2n) is 2.11. The first kappa shape index (κ1) is 9.56. The van der Waals surface area contributed by atoms with Crippen LogP contribution in [0.25, 0.3) is 0 Å². The van der Waals surface area contributed by atoms with Gasteiger partial charge < -0.3 is 0 Å². The van der Waals surface area contributed by atoms with Crippen molar-refractivity contribution < 1.29 is 10.0 Å². The highest BCUT2D eigenvalue weighted by atomic mass is 35.5. The SMILES string of the molecule is NN(O[N+](=O)[O-])c1ccc(Cl)cc1. The van der Waals surface area contributed by atoms with Crippen LogP contribution in [0, 0.1) is 10.1 Å². The third-order valence-corrected chi connectivity index (χ3v) is 1.49. The van der Waals surface area contributed by atoms with Crippen LogP contribution in [0.3, 0.4) is 0 Å². The molecule has 0 aliphatic heterocycles. The Bertz CT molecular complexity index is 302. The fourth-order valence-corrected chi connectivity index (χ4v) is 0.833. The zero-order valence-electron chi connectivity index (χ0n) is 6.38. The maximum absolute atomic E-state index is 9.89. The highest BCUT2D eigenvalue weighted by Gasteiger charge is 2.05. The number of rotatable bonds is 3. The molecule has 6 nitrogen and oxygen atoms in total. The Morgan fingerprint density at radius 1 is 1.46 bits per heavy atom. The molecule has 0 saturated carbocycles. The zero-order chi connectivity index (χ0) is 9.84. The van der Waals surface area contributed by atoms with Crippen LogP contribution in [0.5, 0.6) is 0 Å². The van der Waals surface area contributed by atoms with Gasteiger partial charge in [0.25, 0.3) is 0 Å². The summed E-state index contributed by atoms with van der Waals surface area (Å²) >= 11 is 5.59. The standard InChI is InChI=1S/C6H6ClN3O3/c7-5-1-3-6(4-2-5)9(8)13-10(11)12/h1-4H,8H2. The first-order chi connectivity index (χ1) is 6.09. The number of benzene rings is 1. The lowest BCUT2D eigenvalue weighted by Gasteiger charge is -2.13.